The number of piperazine rings is 1. The van der Waals surface area contributed by atoms with Gasteiger partial charge in [-0.05, 0) is 56.9 Å². The molecule has 2 N–H and O–H groups in total. The fraction of sp³-hybridized carbons (Fsp3) is 0.516. The second-order valence-corrected chi connectivity index (χ2v) is 15.5. The Morgan fingerprint density at radius 2 is 1.76 bits per heavy atom. The quantitative estimate of drug-likeness (QED) is 0.325. The van der Waals surface area contributed by atoms with Gasteiger partial charge < -0.3 is 24.8 Å². The molecular weight excluding hydrogens is 635 g/mol. The van der Waals surface area contributed by atoms with Crippen molar-refractivity contribution in [2.75, 3.05) is 32.1 Å². The van der Waals surface area contributed by atoms with Crippen LogP contribution in [0.2, 0.25) is 0 Å². The van der Waals surface area contributed by atoms with Crippen LogP contribution in [0.3, 0.4) is 0 Å². The summed E-state index contributed by atoms with van der Waals surface area (Å²) in [4.78, 5) is 49.1. The van der Waals surface area contributed by atoms with E-state index < -0.39 is 39.6 Å². The van der Waals surface area contributed by atoms with Crippen molar-refractivity contribution in [3.05, 3.63) is 42.0 Å². The summed E-state index contributed by atoms with van der Waals surface area (Å²) in [5, 5.41) is 13.3. The molecule has 1 saturated heterocycles. The summed E-state index contributed by atoms with van der Waals surface area (Å²) in [6.45, 7) is 4.51. The van der Waals surface area contributed by atoms with Crippen molar-refractivity contribution in [3.63, 3.8) is 0 Å². The Bertz CT molecular complexity index is 1700. The van der Waals surface area contributed by atoms with Gasteiger partial charge in [0.2, 0.25) is 21.8 Å². The second kappa shape index (κ2) is 13.5. The van der Waals surface area contributed by atoms with Crippen LogP contribution >= 0.6 is 11.3 Å². The Morgan fingerprint density at radius 3 is 2.39 bits per heavy atom. The lowest BCUT2D eigenvalue weighted by molar-refractivity contribution is -0.143. The third-order valence-electron chi connectivity index (χ3n) is 8.19. The van der Waals surface area contributed by atoms with Gasteiger partial charge in [-0.25, -0.2) is 23.2 Å². The number of benzene rings is 1. The number of hydrogen-bond acceptors (Lipinski definition) is 10. The number of anilines is 1. The van der Waals surface area contributed by atoms with Crippen molar-refractivity contribution in [2.45, 2.75) is 75.3 Å². The molecule has 248 valence electrons. The molecule has 0 bridgehead atoms. The number of amides is 2. The number of carbonyl (C=O) groups excluding carboxylic acids is 2. The number of rotatable bonds is 9. The summed E-state index contributed by atoms with van der Waals surface area (Å²) < 4.78 is 38.9. The standard InChI is InChI=1S/C31H39N5O8S2/c1-31(2,3)44-30(40)35-15-16-36(24(18-35)28(38)39)46(41,42)21-11-9-20(10-12-21)22(17-19-7-5-6-8-19)26(37)34-29-32-23-13-14-25(43-4)33-27(23)45-29/h9-14,19,22,24H,5-8,15-18H2,1-4H3,(H,38,39)(H,32,34,37). The maximum Gasteiger partial charge on any atom is 0.410 e. The first-order valence-corrected chi connectivity index (χ1v) is 17.5. The Balaban J connectivity index is 1.35. The molecule has 0 radical (unpaired) electrons. The van der Waals surface area contributed by atoms with Gasteiger partial charge in [-0.2, -0.15) is 4.31 Å². The molecule has 2 aliphatic rings. The highest BCUT2D eigenvalue weighted by molar-refractivity contribution is 7.89. The lowest BCUT2D eigenvalue weighted by atomic mass is 9.87. The maximum absolute atomic E-state index is 13.7. The van der Waals surface area contributed by atoms with Crippen molar-refractivity contribution in [1.29, 1.82) is 0 Å². The number of carbonyl (C=O) groups is 3. The van der Waals surface area contributed by atoms with Gasteiger partial charge in [-0.3, -0.25) is 9.59 Å². The van der Waals surface area contributed by atoms with E-state index in [1.807, 2.05) is 0 Å². The maximum atomic E-state index is 13.7. The second-order valence-electron chi connectivity index (χ2n) is 12.6. The molecule has 13 nitrogen and oxygen atoms in total. The molecule has 2 aromatic heterocycles. The zero-order valence-corrected chi connectivity index (χ0v) is 27.9. The van der Waals surface area contributed by atoms with E-state index in [9.17, 15) is 27.9 Å². The molecule has 2 fully saturated rings. The number of nitrogens with zero attached hydrogens (tertiary/aromatic N) is 4. The number of methoxy groups -OCH3 is 1. The van der Waals surface area contributed by atoms with Crippen LogP contribution in [0, 0.1) is 5.92 Å². The minimum Gasteiger partial charge on any atom is -0.481 e. The lowest BCUT2D eigenvalue weighted by Crippen LogP contribution is -2.59. The largest absolute Gasteiger partial charge is 0.481 e. The number of ether oxygens (including phenoxy) is 2. The fourth-order valence-corrected chi connectivity index (χ4v) is 8.29. The average Bonchev–Trinajstić information content (AvgIpc) is 3.67. The Kier molecular flexibility index (Phi) is 9.84. The summed E-state index contributed by atoms with van der Waals surface area (Å²) >= 11 is 1.24. The van der Waals surface area contributed by atoms with Crippen LogP contribution in [-0.2, 0) is 24.3 Å². The number of fused-ring (bicyclic) bond motifs is 1. The van der Waals surface area contributed by atoms with Crippen molar-refractivity contribution in [3.8, 4) is 5.88 Å². The molecule has 2 unspecified atom stereocenters. The zero-order valence-electron chi connectivity index (χ0n) is 26.3. The molecule has 0 spiro atoms. The van der Waals surface area contributed by atoms with Gasteiger partial charge in [0.25, 0.3) is 0 Å². The van der Waals surface area contributed by atoms with Gasteiger partial charge in [-0.1, -0.05) is 49.2 Å². The predicted octanol–water partition coefficient (Wildman–Crippen LogP) is 4.70. The number of thiazole rings is 1. The molecule has 2 atom stereocenters. The number of aliphatic carboxylic acids is 1. The molecule has 1 aliphatic carbocycles. The Morgan fingerprint density at radius 1 is 1.07 bits per heavy atom. The Labute approximate surface area is 272 Å². The first kappa shape index (κ1) is 33.5. The number of sulfonamides is 1. The highest BCUT2D eigenvalue weighted by Gasteiger charge is 2.42. The number of carboxylic acids is 1. The highest BCUT2D eigenvalue weighted by Crippen LogP contribution is 2.36. The molecule has 5 rings (SSSR count). The van der Waals surface area contributed by atoms with Crippen LogP contribution in [0.15, 0.2) is 41.3 Å². The van der Waals surface area contributed by atoms with E-state index in [1.54, 1.807) is 45.0 Å². The predicted molar refractivity (Wildman–Crippen MR) is 171 cm³/mol. The lowest BCUT2D eigenvalue weighted by Gasteiger charge is -2.38. The topological polar surface area (TPSA) is 168 Å². The smallest absolute Gasteiger partial charge is 0.410 e. The zero-order chi connectivity index (χ0) is 33.2. The normalized spacial score (nSPS) is 18.8. The van der Waals surface area contributed by atoms with Gasteiger partial charge in [0.15, 0.2) is 5.13 Å². The van der Waals surface area contributed by atoms with Crippen LogP contribution in [0.4, 0.5) is 9.93 Å². The summed E-state index contributed by atoms with van der Waals surface area (Å²) in [5.41, 5.74) is 0.496. The van der Waals surface area contributed by atoms with Gasteiger partial charge in [-0.15, -0.1) is 0 Å². The molecule has 46 heavy (non-hydrogen) atoms. The van der Waals surface area contributed by atoms with Crippen LogP contribution in [-0.4, -0.2) is 89.1 Å². The van der Waals surface area contributed by atoms with Crippen LogP contribution in [0.5, 0.6) is 5.88 Å². The van der Waals surface area contributed by atoms with Crippen molar-refractivity contribution < 1.29 is 37.4 Å². The summed E-state index contributed by atoms with van der Waals surface area (Å²) in [6.07, 6.45) is 4.15. The van der Waals surface area contributed by atoms with E-state index in [2.05, 4.69) is 15.3 Å². The minimum absolute atomic E-state index is 0.0201. The number of nitrogens with one attached hydrogen (secondary N) is 1. The summed E-state index contributed by atoms with van der Waals surface area (Å²) in [5.74, 6) is -1.37. The van der Waals surface area contributed by atoms with Gasteiger partial charge >= 0.3 is 12.1 Å². The number of pyridine rings is 1. The SMILES string of the molecule is COc1ccc2nc(NC(=O)C(CC3CCCC3)c3ccc(S(=O)(=O)N4CCN(C(=O)OC(C)(C)C)CC4C(=O)O)cc3)sc2n1. The molecule has 1 aliphatic heterocycles. The van der Waals surface area contributed by atoms with Crippen molar-refractivity contribution in [2.24, 2.45) is 5.92 Å². The Hall–Kier alpha value is -3.82. The van der Waals surface area contributed by atoms with E-state index >= 15 is 0 Å². The average molecular weight is 674 g/mol. The molecule has 15 heteroatoms. The van der Waals surface area contributed by atoms with E-state index in [1.165, 1.54) is 35.5 Å². The number of aromatic nitrogens is 2. The number of hydrogen-bond donors (Lipinski definition) is 2. The first-order chi connectivity index (χ1) is 21.7. The molecular formula is C31H39N5O8S2. The summed E-state index contributed by atoms with van der Waals surface area (Å²) in [6, 6.07) is 8.03. The van der Waals surface area contributed by atoms with E-state index in [0.29, 0.717) is 39.3 Å². The van der Waals surface area contributed by atoms with Crippen LogP contribution < -0.4 is 10.1 Å². The van der Waals surface area contributed by atoms with Crippen LogP contribution in [0.1, 0.15) is 64.4 Å². The van der Waals surface area contributed by atoms with E-state index in [-0.39, 0.29) is 30.4 Å². The van der Waals surface area contributed by atoms with Crippen LogP contribution in [0.25, 0.3) is 10.3 Å². The molecule has 2 amide bonds. The highest BCUT2D eigenvalue weighted by atomic mass is 32.2. The van der Waals surface area contributed by atoms with E-state index in [4.69, 9.17) is 9.47 Å². The van der Waals surface area contributed by atoms with Gasteiger partial charge in [0, 0.05) is 19.2 Å². The molecule has 1 saturated carbocycles. The molecule has 3 heterocycles. The monoisotopic (exact) mass is 673 g/mol. The summed E-state index contributed by atoms with van der Waals surface area (Å²) in [7, 11) is -2.72. The van der Waals surface area contributed by atoms with Crippen molar-refractivity contribution in [1.82, 2.24) is 19.2 Å². The molecule has 3 aromatic rings. The first-order valence-electron chi connectivity index (χ1n) is 15.2. The minimum atomic E-state index is -4.25. The van der Waals surface area contributed by atoms with Crippen molar-refractivity contribution >= 4 is 54.8 Å². The van der Waals surface area contributed by atoms with Gasteiger partial charge in [0.05, 0.1) is 24.5 Å². The van der Waals surface area contributed by atoms with Gasteiger partial charge in [0.1, 0.15) is 22.0 Å². The molecule has 1 aromatic carbocycles. The fourth-order valence-electron chi connectivity index (χ4n) is 5.89. The number of carboxylic acid groups (broad SMARTS) is 1. The third kappa shape index (κ3) is 7.58. The van der Waals surface area contributed by atoms with E-state index in [0.717, 1.165) is 30.0 Å². The third-order valence-corrected chi connectivity index (χ3v) is 11.0.